The van der Waals surface area contributed by atoms with Crippen LogP contribution in [0.2, 0.25) is 10.0 Å². The molecule has 0 heterocycles. The fraction of sp³-hybridized carbons (Fsp3) is 0.333. The lowest BCUT2D eigenvalue weighted by Gasteiger charge is -2.07. The van der Waals surface area contributed by atoms with Crippen LogP contribution in [0, 0.1) is 5.92 Å². The van der Waals surface area contributed by atoms with Gasteiger partial charge in [-0.1, -0.05) is 36.2 Å². The van der Waals surface area contributed by atoms with Gasteiger partial charge in [-0.3, -0.25) is 0 Å². The second kappa shape index (κ2) is 5.43. The summed E-state index contributed by atoms with van der Waals surface area (Å²) in [5.74, 6) is 0.519. The Labute approximate surface area is 95.5 Å². The minimum absolute atomic E-state index is 0.519. The molecular formula is C12H14Cl2. The fourth-order valence-corrected chi connectivity index (χ4v) is 1.64. The third kappa shape index (κ3) is 3.36. The Morgan fingerprint density at radius 1 is 1.43 bits per heavy atom. The summed E-state index contributed by atoms with van der Waals surface area (Å²) in [6.07, 6.45) is 3.97. The van der Waals surface area contributed by atoms with Gasteiger partial charge in [0.1, 0.15) is 0 Å². The Hall–Kier alpha value is -0.460. The maximum atomic E-state index is 6.04. The normalized spacial score (nSPS) is 12.5. The minimum Gasteiger partial charge on any atom is -0.103 e. The van der Waals surface area contributed by atoms with Crippen molar-refractivity contribution in [3.05, 3.63) is 46.5 Å². The molecule has 0 radical (unpaired) electrons. The van der Waals surface area contributed by atoms with Crippen LogP contribution in [0.1, 0.15) is 18.9 Å². The quantitative estimate of drug-likeness (QED) is 0.653. The lowest BCUT2D eigenvalue weighted by atomic mass is 10.0. The van der Waals surface area contributed by atoms with E-state index in [0.29, 0.717) is 5.92 Å². The highest BCUT2D eigenvalue weighted by Crippen LogP contribution is 2.23. The molecule has 1 unspecified atom stereocenters. The van der Waals surface area contributed by atoms with E-state index < -0.39 is 0 Å². The average Bonchev–Trinajstić information content (AvgIpc) is 2.19. The summed E-state index contributed by atoms with van der Waals surface area (Å²) in [6.45, 7) is 5.90. The molecule has 0 spiro atoms. The maximum Gasteiger partial charge on any atom is 0.0439 e. The number of aryl methyl sites for hydroxylation is 1. The molecule has 0 aliphatic carbocycles. The zero-order chi connectivity index (χ0) is 10.6. The standard InChI is InChI=1S/C12H14Cl2/c1-3-9(2)4-5-10-8-11(13)6-7-12(10)14/h3,6-9H,1,4-5H2,2H3. The first-order chi connectivity index (χ1) is 6.63. The fourth-order valence-electron chi connectivity index (χ4n) is 1.24. The second-order valence-electron chi connectivity index (χ2n) is 3.49. The SMILES string of the molecule is C=CC(C)CCc1cc(Cl)ccc1Cl. The van der Waals surface area contributed by atoms with Gasteiger partial charge >= 0.3 is 0 Å². The van der Waals surface area contributed by atoms with E-state index in [1.54, 1.807) is 0 Å². The van der Waals surface area contributed by atoms with Crippen molar-refractivity contribution in [2.45, 2.75) is 19.8 Å². The summed E-state index contributed by atoms with van der Waals surface area (Å²) in [5, 5.41) is 1.54. The molecule has 0 aliphatic heterocycles. The van der Waals surface area contributed by atoms with Gasteiger partial charge in [0.05, 0.1) is 0 Å². The monoisotopic (exact) mass is 228 g/mol. The summed E-state index contributed by atoms with van der Waals surface area (Å²) in [6, 6.07) is 5.59. The molecule has 1 aromatic rings. The highest BCUT2D eigenvalue weighted by Gasteiger charge is 2.03. The number of rotatable bonds is 4. The van der Waals surface area contributed by atoms with Crippen LogP contribution in [-0.4, -0.2) is 0 Å². The van der Waals surface area contributed by atoms with Gasteiger partial charge in [-0.15, -0.1) is 6.58 Å². The van der Waals surface area contributed by atoms with Crippen molar-refractivity contribution in [1.82, 2.24) is 0 Å². The lowest BCUT2D eigenvalue weighted by Crippen LogP contribution is -1.94. The molecule has 0 amide bonds. The van der Waals surface area contributed by atoms with Gasteiger partial charge in [0, 0.05) is 10.0 Å². The van der Waals surface area contributed by atoms with E-state index in [2.05, 4.69) is 13.5 Å². The van der Waals surface area contributed by atoms with Gasteiger partial charge in [0.15, 0.2) is 0 Å². The van der Waals surface area contributed by atoms with Crippen molar-refractivity contribution < 1.29 is 0 Å². The van der Waals surface area contributed by atoms with Crippen LogP contribution >= 0.6 is 23.2 Å². The van der Waals surface area contributed by atoms with E-state index in [1.807, 2.05) is 24.3 Å². The molecular weight excluding hydrogens is 215 g/mol. The Bertz CT molecular complexity index is 318. The Kier molecular flexibility index (Phi) is 4.50. The molecule has 0 bridgehead atoms. The summed E-state index contributed by atoms with van der Waals surface area (Å²) >= 11 is 11.9. The zero-order valence-electron chi connectivity index (χ0n) is 8.26. The van der Waals surface area contributed by atoms with Crippen molar-refractivity contribution in [2.24, 2.45) is 5.92 Å². The van der Waals surface area contributed by atoms with Gasteiger partial charge in [0.25, 0.3) is 0 Å². The topological polar surface area (TPSA) is 0 Å². The van der Waals surface area contributed by atoms with Crippen LogP contribution in [0.4, 0.5) is 0 Å². The first-order valence-corrected chi connectivity index (χ1v) is 5.45. The molecule has 0 nitrogen and oxygen atoms in total. The molecule has 1 aromatic carbocycles. The largest absolute Gasteiger partial charge is 0.103 e. The van der Waals surface area contributed by atoms with Crippen LogP contribution in [-0.2, 0) is 6.42 Å². The average molecular weight is 229 g/mol. The molecule has 0 aliphatic rings. The van der Waals surface area contributed by atoms with E-state index in [0.717, 1.165) is 28.5 Å². The smallest absolute Gasteiger partial charge is 0.0439 e. The molecule has 2 heteroatoms. The highest BCUT2D eigenvalue weighted by molar-refractivity contribution is 6.33. The molecule has 0 saturated heterocycles. The Balaban J connectivity index is 2.66. The van der Waals surface area contributed by atoms with E-state index in [9.17, 15) is 0 Å². The molecule has 0 aromatic heterocycles. The van der Waals surface area contributed by atoms with Crippen molar-refractivity contribution in [3.63, 3.8) is 0 Å². The zero-order valence-corrected chi connectivity index (χ0v) is 9.78. The van der Waals surface area contributed by atoms with Crippen LogP contribution in [0.25, 0.3) is 0 Å². The van der Waals surface area contributed by atoms with E-state index in [4.69, 9.17) is 23.2 Å². The summed E-state index contributed by atoms with van der Waals surface area (Å²) in [7, 11) is 0. The Morgan fingerprint density at radius 2 is 2.14 bits per heavy atom. The predicted molar refractivity (Wildman–Crippen MR) is 64.1 cm³/mol. The van der Waals surface area contributed by atoms with Gasteiger partial charge < -0.3 is 0 Å². The first kappa shape index (κ1) is 11.6. The van der Waals surface area contributed by atoms with Gasteiger partial charge in [0.2, 0.25) is 0 Å². The summed E-state index contributed by atoms with van der Waals surface area (Å²) in [5.41, 5.74) is 1.12. The van der Waals surface area contributed by atoms with Gasteiger partial charge in [-0.25, -0.2) is 0 Å². The van der Waals surface area contributed by atoms with Crippen molar-refractivity contribution in [3.8, 4) is 0 Å². The number of hydrogen-bond donors (Lipinski definition) is 0. The molecule has 14 heavy (non-hydrogen) atoms. The van der Waals surface area contributed by atoms with Crippen LogP contribution < -0.4 is 0 Å². The van der Waals surface area contributed by atoms with E-state index >= 15 is 0 Å². The lowest BCUT2D eigenvalue weighted by molar-refractivity contribution is 0.649. The summed E-state index contributed by atoms with van der Waals surface area (Å²) < 4.78 is 0. The van der Waals surface area contributed by atoms with Crippen LogP contribution in [0.3, 0.4) is 0 Å². The van der Waals surface area contributed by atoms with E-state index in [-0.39, 0.29) is 0 Å². The molecule has 0 fully saturated rings. The van der Waals surface area contributed by atoms with Gasteiger partial charge in [-0.05, 0) is 42.5 Å². The minimum atomic E-state index is 0.519. The number of allylic oxidation sites excluding steroid dienone is 1. The third-order valence-corrected chi connectivity index (χ3v) is 2.88. The van der Waals surface area contributed by atoms with Crippen molar-refractivity contribution in [1.29, 1.82) is 0 Å². The molecule has 1 atom stereocenters. The van der Waals surface area contributed by atoms with Crippen molar-refractivity contribution in [2.75, 3.05) is 0 Å². The molecule has 1 rings (SSSR count). The van der Waals surface area contributed by atoms with Crippen molar-refractivity contribution >= 4 is 23.2 Å². The molecule has 0 saturated carbocycles. The number of hydrogen-bond acceptors (Lipinski definition) is 0. The first-order valence-electron chi connectivity index (χ1n) is 4.70. The molecule has 76 valence electrons. The van der Waals surface area contributed by atoms with E-state index in [1.165, 1.54) is 0 Å². The second-order valence-corrected chi connectivity index (χ2v) is 4.33. The van der Waals surface area contributed by atoms with Crippen LogP contribution in [0.5, 0.6) is 0 Å². The maximum absolute atomic E-state index is 6.04. The number of halogens is 2. The van der Waals surface area contributed by atoms with Gasteiger partial charge in [-0.2, -0.15) is 0 Å². The summed E-state index contributed by atoms with van der Waals surface area (Å²) in [4.78, 5) is 0. The number of benzene rings is 1. The Morgan fingerprint density at radius 3 is 2.79 bits per heavy atom. The predicted octanol–water partition coefficient (Wildman–Crippen LogP) is 4.75. The molecule has 0 N–H and O–H groups in total. The highest BCUT2D eigenvalue weighted by atomic mass is 35.5. The third-order valence-electron chi connectivity index (χ3n) is 2.28. The van der Waals surface area contributed by atoms with Crippen LogP contribution in [0.15, 0.2) is 30.9 Å².